The second-order valence-electron chi connectivity index (χ2n) is 3.34. The van der Waals surface area contributed by atoms with Crippen molar-refractivity contribution in [3.05, 3.63) is 23.8 Å². The van der Waals surface area contributed by atoms with Gasteiger partial charge in [0.25, 0.3) is 0 Å². The number of benzene rings is 1. The molecule has 1 N–H and O–H groups in total. The fraction of sp³-hybridized carbons (Fsp3) is 0.273. The van der Waals surface area contributed by atoms with E-state index in [0.717, 1.165) is 17.7 Å². The Labute approximate surface area is 87.2 Å². The molecular weight excluding hydrogens is 194 g/mol. The smallest absolute Gasteiger partial charge is 0.224 e. The minimum atomic E-state index is 0.0454. The maximum absolute atomic E-state index is 11.1. The number of rotatable bonds is 3. The molecule has 15 heavy (non-hydrogen) atoms. The fourth-order valence-electron chi connectivity index (χ4n) is 1.58. The Morgan fingerprint density at radius 3 is 3.07 bits per heavy atom. The lowest BCUT2D eigenvalue weighted by molar-refractivity contribution is -0.116. The molecule has 1 amide bonds. The summed E-state index contributed by atoms with van der Waals surface area (Å²) in [5.74, 6) is 0.709. The van der Waals surface area contributed by atoms with E-state index in [9.17, 15) is 9.59 Å². The lowest BCUT2D eigenvalue weighted by Gasteiger charge is -2.17. The van der Waals surface area contributed by atoms with Crippen LogP contribution in [0.1, 0.15) is 12.0 Å². The first kappa shape index (κ1) is 9.71. The van der Waals surface area contributed by atoms with E-state index in [1.807, 2.05) is 6.07 Å². The van der Waals surface area contributed by atoms with Gasteiger partial charge in [-0.1, -0.05) is 0 Å². The normalized spacial score (nSPS) is 14.0. The van der Waals surface area contributed by atoms with Crippen molar-refractivity contribution in [2.45, 2.75) is 12.8 Å². The number of fused-ring (bicyclic) bond motifs is 1. The number of aryl methyl sites for hydroxylation is 1. The van der Waals surface area contributed by atoms with Crippen LogP contribution in [0.25, 0.3) is 0 Å². The van der Waals surface area contributed by atoms with Crippen molar-refractivity contribution in [2.75, 3.05) is 11.9 Å². The highest BCUT2D eigenvalue weighted by molar-refractivity contribution is 5.93. The molecule has 78 valence electrons. The molecule has 0 spiro atoms. The molecule has 1 aliphatic heterocycles. The zero-order valence-corrected chi connectivity index (χ0v) is 8.16. The van der Waals surface area contributed by atoms with Crippen LogP contribution in [0.2, 0.25) is 0 Å². The highest BCUT2D eigenvalue weighted by atomic mass is 16.5. The van der Waals surface area contributed by atoms with Crippen LogP contribution in [0, 0.1) is 0 Å². The second-order valence-corrected chi connectivity index (χ2v) is 3.34. The third-order valence-electron chi connectivity index (χ3n) is 2.29. The van der Waals surface area contributed by atoms with Gasteiger partial charge in [-0.05, 0) is 30.2 Å². The van der Waals surface area contributed by atoms with E-state index >= 15 is 0 Å². The van der Waals surface area contributed by atoms with E-state index in [1.54, 1.807) is 12.1 Å². The average Bonchev–Trinajstić information content (AvgIpc) is 2.26. The van der Waals surface area contributed by atoms with Crippen molar-refractivity contribution >= 4 is 17.9 Å². The molecule has 1 heterocycles. The first-order valence-corrected chi connectivity index (χ1v) is 4.79. The molecule has 0 saturated carbocycles. The van der Waals surface area contributed by atoms with E-state index in [4.69, 9.17) is 4.74 Å². The third-order valence-corrected chi connectivity index (χ3v) is 2.29. The Kier molecular flexibility index (Phi) is 2.67. The molecule has 4 heteroatoms. The summed E-state index contributed by atoms with van der Waals surface area (Å²) >= 11 is 0. The van der Waals surface area contributed by atoms with Crippen LogP contribution in [0.15, 0.2) is 18.2 Å². The number of carbonyl (C=O) groups excluding carboxylic acids is 2. The molecule has 0 saturated heterocycles. The highest BCUT2D eigenvalue weighted by Gasteiger charge is 2.14. The van der Waals surface area contributed by atoms with Crippen molar-refractivity contribution in [2.24, 2.45) is 0 Å². The molecule has 0 unspecified atom stereocenters. The van der Waals surface area contributed by atoms with Crippen molar-refractivity contribution in [3.63, 3.8) is 0 Å². The Balaban J connectivity index is 2.19. The van der Waals surface area contributed by atoms with Crippen LogP contribution >= 0.6 is 0 Å². The van der Waals surface area contributed by atoms with Gasteiger partial charge >= 0.3 is 0 Å². The van der Waals surface area contributed by atoms with Crippen LogP contribution < -0.4 is 10.1 Å². The third kappa shape index (κ3) is 2.15. The number of nitrogens with one attached hydrogen (secondary N) is 1. The Morgan fingerprint density at radius 2 is 2.27 bits per heavy atom. The number of ether oxygens (including phenoxy) is 1. The minimum absolute atomic E-state index is 0.0454. The number of amides is 1. The zero-order chi connectivity index (χ0) is 10.7. The van der Waals surface area contributed by atoms with Gasteiger partial charge in [-0.3, -0.25) is 9.59 Å². The quantitative estimate of drug-likeness (QED) is 0.753. The number of aldehydes is 1. The number of carbonyl (C=O) groups is 2. The van der Waals surface area contributed by atoms with Crippen LogP contribution in [-0.2, 0) is 16.0 Å². The lowest BCUT2D eigenvalue weighted by atomic mass is 10.0. The van der Waals surface area contributed by atoms with Gasteiger partial charge in [0.05, 0.1) is 0 Å². The van der Waals surface area contributed by atoms with Crippen molar-refractivity contribution in [3.8, 4) is 5.75 Å². The predicted molar refractivity (Wildman–Crippen MR) is 55.0 cm³/mol. The van der Waals surface area contributed by atoms with Gasteiger partial charge in [-0.25, -0.2) is 0 Å². The van der Waals surface area contributed by atoms with Crippen LogP contribution in [-0.4, -0.2) is 18.8 Å². The molecule has 0 aliphatic carbocycles. The summed E-state index contributed by atoms with van der Waals surface area (Å²) in [5.41, 5.74) is 1.89. The Morgan fingerprint density at radius 1 is 1.40 bits per heavy atom. The molecule has 4 nitrogen and oxygen atoms in total. The summed E-state index contributed by atoms with van der Waals surface area (Å²) in [5, 5.41) is 2.78. The van der Waals surface area contributed by atoms with Gasteiger partial charge in [0.15, 0.2) is 6.29 Å². The van der Waals surface area contributed by atoms with Gasteiger partial charge in [-0.2, -0.15) is 0 Å². The van der Waals surface area contributed by atoms with E-state index in [0.29, 0.717) is 18.5 Å². The summed E-state index contributed by atoms with van der Waals surface area (Å²) < 4.78 is 5.17. The number of anilines is 1. The highest BCUT2D eigenvalue weighted by Crippen LogP contribution is 2.26. The molecule has 1 aromatic rings. The summed E-state index contributed by atoms with van der Waals surface area (Å²) in [6.45, 7) is 0.0607. The molecule has 0 aromatic heterocycles. The molecule has 1 aliphatic rings. The fourth-order valence-corrected chi connectivity index (χ4v) is 1.58. The predicted octanol–water partition coefficient (Wildman–Crippen LogP) is 1.15. The van der Waals surface area contributed by atoms with Crippen LogP contribution in [0.3, 0.4) is 0 Å². The van der Waals surface area contributed by atoms with Crippen LogP contribution in [0.5, 0.6) is 5.75 Å². The topological polar surface area (TPSA) is 55.4 Å². The maximum atomic E-state index is 11.1. The van der Waals surface area contributed by atoms with Gasteiger partial charge in [0.2, 0.25) is 5.91 Å². The number of hydrogen-bond acceptors (Lipinski definition) is 3. The average molecular weight is 205 g/mol. The molecule has 0 fully saturated rings. The van der Waals surface area contributed by atoms with Crippen molar-refractivity contribution in [1.82, 2.24) is 0 Å². The first-order valence-electron chi connectivity index (χ1n) is 4.79. The molecular formula is C11H11NO3. The minimum Gasteiger partial charge on any atom is -0.486 e. The molecule has 0 radical (unpaired) electrons. The lowest BCUT2D eigenvalue weighted by Crippen LogP contribution is -2.18. The first-order chi connectivity index (χ1) is 7.29. The summed E-state index contributed by atoms with van der Waals surface area (Å²) in [6.07, 6.45) is 1.94. The Bertz CT molecular complexity index is 401. The summed E-state index contributed by atoms with van der Waals surface area (Å²) in [6, 6.07) is 5.40. The van der Waals surface area contributed by atoms with Crippen molar-refractivity contribution in [1.29, 1.82) is 0 Å². The van der Waals surface area contributed by atoms with Gasteiger partial charge in [0.1, 0.15) is 12.4 Å². The van der Waals surface area contributed by atoms with Gasteiger partial charge in [-0.15, -0.1) is 0 Å². The monoisotopic (exact) mass is 205 g/mol. The van der Waals surface area contributed by atoms with E-state index in [1.165, 1.54) is 0 Å². The Hall–Kier alpha value is -1.84. The SMILES string of the molecule is O=CCOc1ccc2c(c1)CCC(=O)N2. The van der Waals surface area contributed by atoms with E-state index < -0.39 is 0 Å². The van der Waals surface area contributed by atoms with Crippen LogP contribution in [0.4, 0.5) is 5.69 Å². The summed E-state index contributed by atoms with van der Waals surface area (Å²) in [7, 11) is 0. The van der Waals surface area contributed by atoms with Gasteiger partial charge in [0, 0.05) is 12.1 Å². The van der Waals surface area contributed by atoms with E-state index in [2.05, 4.69) is 5.32 Å². The maximum Gasteiger partial charge on any atom is 0.224 e. The molecule has 0 bridgehead atoms. The largest absolute Gasteiger partial charge is 0.486 e. The van der Waals surface area contributed by atoms with E-state index in [-0.39, 0.29) is 12.5 Å². The number of hydrogen-bond donors (Lipinski definition) is 1. The van der Waals surface area contributed by atoms with Gasteiger partial charge < -0.3 is 10.1 Å². The molecule has 0 atom stereocenters. The summed E-state index contributed by atoms with van der Waals surface area (Å²) in [4.78, 5) is 21.2. The standard InChI is InChI=1S/C11H11NO3/c13-5-6-15-9-2-3-10-8(7-9)1-4-11(14)12-10/h2-3,5,7H,1,4,6H2,(H,12,14). The second kappa shape index (κ2) is 4.13. The van der Waals surface area contributed by atoms with Crippen molar-refractivity contribution < 1.29 is 14.3 Å². The zero-order valence-electron chi connectivity index (χ0n) is 8.16. The molecule has 1 aromatic carbocycles. The molecule has 2 rings (SSSR count).